The summed E-state index contributed by atoms with van der Waals surface area (Å²) in [7, 11) is 0. The van der Waals surface area contributed by atoms with E-state index >= 15 is 0 Å². The van der Waals surface area contributed by atoms with E-state index in [0.717, 1.165) is 5.69 Å². The predicted molar refractivity (Wildman–Crippen MR) is 43.1 cm³/mol. The van der Waals surface area contributed by atoms with E-state index in [1.165, 1.54) is 4.90 Å². The zero-order chi connectivity index (χ0) is 8.10. The molecule has 3 nitrogen and oxygen atoms in total. The van der Waals surface area contributed by atoms with E-state index in [9.17, 15) is 0 Å². The summed E-state index contributed by atoms with van der Waals surface area (Å²) >= 11 is 0. The van der Waals surface area contributed by atoms with Gasteiger partial charge in [-0.25, -0.2) is 0 Å². The maximum atomic E-state index is 8.75. The lowest BCUT2D eigenvalue weighted by Crippen LogP contribution is -2.24. The van der Waals surface area contributed by atoms with Crippen molar-refractivity contribution < 1.29 is 10.2 Å². The first-order valence-corrected chi connectivity index (χ1v) is 3.40. The van der Waals surface area contributed by atoms with Gasteiger partial charge in [-0.2, -0.15) is 0 Å². The lowest BCUT2D eigenvalue weighted by molar-refractivity contribution is 0.223. The molecule has 0 saturated heterocycles. The van der Waals surface area contributed by atoms with Crippen LogP contribution in [0.5, 0.6) is 0 Å². The molecule has 0 atom stereocenters. The Morgan fingerprint density at radius 1 is 1.00 bits per heavy atom. The minimum absolute atomic E-state index is 0.166. The van der Waals surface area contributed by atoms with Gasteiger partial charge < -0.3 is 15.1 Å². The van der Waals surface area contributed by atoms with E-state index in [-0.39, 0.29) is 13.5 Å². The number of para-hydroxylation sites is 1. The summed E-state index contributed by atoms with van der Waals surface area (Å²) in [5.41, 5.74) is 0.817. The monoisotopic (exact) mass is 153 g/mol. The van der Waals surface area contributed by atoms with Crippen molar-refractivity contribution in [2.24, 2.45) is 0 Å². The Hall–Kier alpha value is -1.06. The van der Waals surface area contributed by atoms with Crippen molar-refractivity contribution in [3.63, 3.8) is 0 Å². The molecule has 60 valence electrons. The minimum atomic E-state index is -0.166. The second-order valence-corrected chi connectivity index (χ2v) is 2.16. The molecule has 2 N–H and O–H groups in total. The molecule has 3 heteroatoms. The normalized spacial score (nSPS) is 9.64. The van der Waals surface area contributed by atoms with Crippen LogP contribution < -0.4 is 4.90 Å². The molecular weight excluding hydrogens is 142 g/mol. The molecule has 11 heavy (non-hydrogen) atoms. The largest absolute Gasteiger partial charge is 0.376 e. The average Bonchev–Trinajstić information content (AvgIpc) is 2.09. The van der Waals surface area contributed by atoms with Crippen LogP contribution in [0.15, 0.2) is 30.3 Å². The van der Waals surface area contributed by atoms with E-state index in [1.54, 1.807) is 0 Å². The van der Waals surface area contributed by atoms with Crippen molar-refractivity contribution >= 4 is 5.69 Å². The van der Waals surface area contributed by atoms with Crippen molar-refractivity contribution in [1.29, 1.82) is 0 Å². The SMILES string of the molecule is OCN(CO)c1ccccc1. The van der Waals surface area contributed by atoms with Gasteiger partial charge in [0.05, 0.1) is 0 Å². The Morgan fingerprint density at radius 3 is 2.00 bits per heavy atom. The average molecular weight is 153 g/mol. The summed E-state index contributed by atoms with van der Waals surface area (Å²) in [6.45, 7) is -0.332. The van der Waals surface area contributed by atoms with Crippen LogP contribution in [0.2, 0.25) is 0 Å². The maximum Gasteiger partial charge on any atom is 0.117 e. The maximum absolute atomic E-state index is 8.75. The van der Waals surface area contributed by atoms with Gasteiger partial charge in [-0.1, -0.05) is 18.2 Å². The van der Waals surface area contributed by atoms with E-state index in [4.69, 9.17) is 10.2 Å². The molecule has 0 bridgehead atoms. The predicted octanol–water partition coefficient (Wildman–Crippen LogP) is 0.393. The molecule has 0 aliphatic rings. The highest BCUT2D eigenvalue weighted by molar-refractivity contribution is 5.44. The van der Waals surface area contributed by atoms with Crippen LogP contribution in [0.25, 0.3) is 0 Å². The molecule has 1 aromatic rings. The Morgan fingerprint density at radius 2 is 1.55 bits per heavy atom. The van der Waals surface area contributed by atoms with Gasteiger partial charge in [0.15, 0.2) is 0 Å². The third kappa shape index (κ3) is 1.93. The summed E-state index contributed by atoms with van der Waals surface area (Å²) in [5.74, 6) is 0. The first kappa shape index (κ1) is 8.04. The molecule has 0 aliphatic heterocycles. The Balaban J connectivity index is 2.74. The Kier molecular flexibility index (Phi) is 2.89. The van der Waals surface area contributed by atoms with Crippen LogP contribution in [-0.4, -0.2) is 23.7 Å². The van der Waals surface area contributed by atoms with Crippen LogP contribution in [-0.2, 0) is 0 Å². The standard InChI is InChI=1S/C8H11NO2/c10-6-9(7-11)8-4-2-1-3-5-8/h1-5,10-11H,6-7H2. The van der Waals surface area contributed by atoms with Gasteiger partial charge in [0, 0.05) is 5.69 Å². The van der Waals surface area contributed by atoms with E-state index in [0.29, 0.717) is 0 Å². The van der Waals surface area contributed by atoms with Crippen molar-refractivity contribution in [1.82, 2.24) is 0 Å². The fourth-order valence-electron chi connectivity index (χ4n) is 0.847. The van der Waals surface area contributed by atoms with Crippen molar-refractivity contribution in [3.05, 3.63) is 30.3 Å². The molecule has 0 heterocycles. The van der Waals surface area contributed by atoms with Crippen molar-refractivity contribution in [2.45, 2.75) is 0 Å². The second kappa shape index (κ2) is 3.95. The zero-order valence-electron chi connectivity index (χ0n) is 6.14. The number of aliphatic hydroxyl groups excluding tert-OH is 2. The molecule has 0 aliphatic carbocycles. The van der Waals surface area contributed by atoms with E-state index < -0.39 is 0 Å². The van der Waals surface area contributed by atoms with Gasteiger partial charge in [0.25, 0.3) is 0 Å². The van der Waals surface area contributed by atoms with Crippen LogP contribution in [0.1, 0.15) is 0 Å². The molecule has 0 saturated carbocycles. The van der Waals surface area contributed by atoms with Gasteiger partial charge in [0.1, 0.15) is 13.5 Å². The van der Waals surface area contributed by atoms with Crippen LogP contribution in [0, 0.1) is 0 Å². The van der Waals surface area contributed by atoms with Gasteiger partial charge >= 0.3 is 0 Å². The summed E-state index contributed by atoms with van der Waals surface area (Å²) in [4.78, 5) is 1.44. The van der Waals surface area contributed by atoms with Crippen LogP contribution in [0.4, 0.5) is 5.69 Å². The minimum Gasteiger partial charge on any atom is -0.376 e. The molecule has 1 aromatic carbocycles. The highest BCUT2D eigenvalue weighted by Gasteiger charge is 1.99. The first-order valence-electron chi connectivity index (χ1n) is 3.40. The summed E-state index contributed by atoms with van der Waals surface area (Å²) in [6, 6.07) is 9.25. The summed E-state index contributed by atoms with van der Waals surface area (Å²) < 4.78 is 0. The van der Waals surface area contributed by atoms with Gasteiger partial charge in [-0.15, -0.1) is 0 Å². The highest BCUT2D eigenvalue weighted by Crippen LogP contribution is 2.10. The fraction of sp³-hybridized carbons (Fsp3) is 0.250. The topological polar surface area (TPSA) is 43.7 Å². The Labute approximate surface area is 65.5 Å². The number of rotatable bonds is 3. The number of hydrogen-bond acceptors (Lipinski definition) is 3. The molecule has 0 aromatic heterocycles. The van der Waals surface area contributed by atoms with E-state index in [1.807, 2.05) is 30.3 Å². The number of benzene rings is 1. The van der Waals surface area contributed by atoms with Crippen molar-refractivity contribution in [2.75, 3.05) is 18.4 Å². The molecule has 0 amide bonds. The van der Waals surface area contributed by atoms with Gasteiger partial charge in [0.2, 0.25) is 0 Å². The molecule has 0 radical (unpaired) electrons. The van der Waals surface area contributed by atoms with Crippen molar-refractivity contribution in [3.8, 4) is 0 Å². The first-order chi connectivity index (χ1) is 5.38. The quantitative estimate of drug-likeness (QED) is 0.617. The van der Waals surface area contributed by atoms with Crippen LogP contribution in [0.3, 0.4) is 0 Å². The number of hydrogen-bond donors (Lipinski definition) is 2. The summed E-state index contributed by atoms with van der Waals surface area (Å²) in [6.07, 6.45) is 0. The second-order valence-electron chi connectivity index (χ2n) is 2.16. The molecule has 0 spiro atoms. The van der Waals surface area contributed by atoms with E-state index in [2.05, 4.69) is 0 Å². The smallest absolute Gasteiger partial charge is 0.117 e. The third-order valence-corrected chi connectivity index (χ3v) is 1.46. The van der Waals surface area contributed by atoms with Crippen LogP contribution >= 0.6 is 0 Å². The van der Waals surface area contributed by atoms with Gasteiger partial charge in [-0.05, 0) is 12.1 Å². The molecular formula is C8H11NO2. The lowest BCUT2D eigenvalue weighted by Gasteiger charge is -2.18. The highest BCUT2D eigenvalue weighted by atomic mass is 16.3. The summed E-state index contributed by atoms with van der Waals surface area (Å²) in [5, 5.41) is 17.5. The number of nitrogens with zero attached hydrogens (tertiary/aromatic N) is 1. The lowest BCUT2D eigenvalue weighted by atomic mass is 10.3. The number of aliphatic hydroxyl groups is 2. The fourth-order valence-corrected chi connectivity index (χ4v) is 0.847. The molecule has 1 rings (SSSR count). The molecule has 0 unspecified atom stereocenters. The van der Waals surface area contributed by atoms with Gasteiger partial charge in [-0.3, -0.25) is 0 Å². The number of anilines is 1. The third-order valence-electron chi connectivity index (χ3n) is 1.46. The zero-order valence-corrected chi connectivity index (χ0v) is 6.14. The molecule has 0 fully saturated rings. The Bertz CT molecular complexity index is 197.